The molecule has 8 heteroatoms. The Kier molecular flexibility index (Phi) is 5.14. The molecule has 2 fully saturated rings. The smallest absolute Gasteiger partial charge is 0.232 e. The third-order valence-electron chi connectivity index (χ3n) is 5.42. The topological polar surface area (TPSA) is 71.1 Å². The van der Waals surface area contributed by atoms with Crippen molar-refractivity contribution in [3.63, 3.8) is 0 Å². The highest BCUT2D eigenvalue weighted by Crippen LogP contribution is 2.42. The Hall–Kier alpha value is -2.35. The van der Waals surface area contributed by atoms with Gasteiger partial charge in [-0.3, -0.25) is 9.59 Å². The van der Waals surface area contributed by atoms with Crippen LogP contribution >= 0.6 is 11.3 Å². The van der Waals surface area contributed by atoms with Crippen molar-refractivity contribution in [3.8, 4) is 11.3 Å². The van der Waals surface area contributed by atoms with Gasteiger partial charge in [0.2, 0.25) is 11.8 Å². The minimum atomic E-state index is -0.942. The number of amides is 2. The summed E-state index contributed by atoms with van der Waals surface area (Å²) < 4.78 is 26.6. The Bertz CT molecular complexity index is 905. The number of anilines is 1. The molecule has 5 nitrogen and oxygen atoms in total. The minimum Gasteiger partial charge on any atom is -0.353 e. The van der Waals surface area contributed by atoms with Crippen LogP contribution in [0.3, 0.4) is 0 Å². The SMILES string of the molecule is O=C(CC1(C(=O)Nc2nc(-c3ccc(F)c(F)c3)cs2)CCCC1)NC1CC1. The first-order chi connectivity index (χ1) is 13.4. The van der Waals surface area contributed by atoms with E-state index in [1.165, 1.54) is 17.4 Å². The van der Waals surface area contributed by atoms with Gasteiger partial charge < -0.3 is 10.6 Å². The van der Waals surface area contributed by atoms with E-state index in [9.17, 15) is 18.4 Å². The predicted molar refractivity (Wildman–Crippen MR) is 103 cm³/mol. The van der Waals surface area contributed by atoms with Crippen molar-refractivity contribution in [2.75, 3.05) is 5.32 Å². The standard InChI is InChI=1S/C20H21F2N3O2S/c21-14-6-3-12(9-15(14)22)16-11-28-19(24-16)25-18(27)20(7-1-2-8-20)10-17(26)23-13-4-5-13/h3,6,9,11,13H,1-2,4-5,7-8,10H2,(H,23,26)(H,24,25,27). The lowest BCUT2D eigenvalue weighted by Gasteiger charge is -2.26. The normalized spacial score (nSPS) is 18.1. The van der Waals surface area contributed by atoms with E-state index in [4.69, 9.17) is 0 Å². The summed E-state index contributed by atoms with van der Waals surface area (Å²) in [6, 6.07) is 3.84. The van der Waals surface area contributed by atoms with Crippen molar-refractivity contribution < 1.29 is 18.4 Å². The Balaban J connectivity index is 1.46. The molecule has 148 valence electrons. The molecule has 0 aliphatic heterocycles. The molecule has 1 aromatic carbocycles. The van der Waals surface area contributed by atoms with Gasteiger partial charge >= 0.3 is 0 Å². The molecule has 2 N–H and O–H groups in total. The molecule has 1 aromatic heterocycles. The van der Waals surface area contributed by atoms with Crippen molar-refractivity contribution in [2.45, 2.75) is 51.0 Å². The number of carbonyl (C=O) groups excluding carboxylic acids is 2. The molecule has 2 aromatic rings. The second-order valence-electron chi connectivity index (χ2n) is 7.63. The number of rotatable bonds is 6. The van der Waals surface area contributed by atoms with Gasteiger partial charge in [-0.25, -0.2) is 13.8 Å². The lowest BCUT2D eigenvalue weighted by Crippen LogP contribution is -2.39. The Morgan fingerprint density at radius 3 is 2.61 bits per heavy atom. The van der Waals surface area contributed by atoms with Crippen molar-refractivity contribution in [1.29, 1.82) is 0 Å². The molecule has 0 bridgehead atoms. The maximum absolute atomic E-state index is 13.4. The zero-order chi connectivity index (χ0) is 19.7. The summed E-state index contributed by atoms with van der Waals surface area (Å²) in [6.45, 7) is 0. The fraction of sp³-hybridized carbons (Fsp3) is 0.450. The van der Waals surface area contributed by atoms with Crippen molar-refractivity contribution in [1.82, 2.24) is 10.3 Å². The number of nitrogens with zero attached hydrogens (tertiary/aromatic N) is 1. The highest BCUT2D eigenvalue weighted by molar-refractivity contribution is 7.14. The van der Waals surface area contributed by atoms with Gasteiger partial charge in [0.15, 0.2) is 16.8 Å². The molecule has 0 radical (unpaired) electrons. The van der Waals surface area contributed by atoms with Crippen LogP contribution in [0.1, 0.15) is 44.9 Å². The van der Waals surface area contributed by atoms with Crippen LogP contribution < -0.4 is 10.6 Å². The summed E-state index contributed by atoms with van der Waals surface area (Å²) in [5.74, 6) is -2.12. The molecule has 2 amide bonds. The van der Waals surface area contributed by atoms with E-state index >= 15 is 0 Å². The van der Waals surface area contributed by atoms with Gasteiger partial charge in [-0.05, 0) is 43.9 Å². The quantitative estimate of drug-likeness (QED) is 0.755. The number of hydrogen-bond donors (Lipinski definition) is 2. The molecule has 4 rings (SSSR count). The average molecular weight is 405 g/mol. The number of benzene rings is 1. The monoisotopic (exact) mass is 405 g/mol. The molecule has 0 saturated heterocycles. The Morgan fingerprint density at radius 2 is 1.93 bits per heavy atom. The van der Waals surface area contributed by atoms with Crippen LogP contribution in [-0.4, -0.2) is 22.8 Å². The molecular weight excluding hydrogens is 384 g/mol. The first-order valence-electron chi connectivity index (χ1n) is 9.47. The lowest BCUT2D eigenvalue weighted by molar-refractivity contribution is -0.132. The van der Waals surface area contributed by atoms with Crippen molar-refractivity contribution in [2.24, 2.45) is 5.41 Å². The van der Waals surface area contributed by atoms with E-state index in [0.29, 0.717) is 29.2 Å². The number of halogens is 2. The van der Waals surface area contributed by atoms with E-state index in [2.05, 4.69) is 15.6 Å². The first kappa shape index (κ1) is 19.0. The summed E-state index contributed by atoms with van der Waals surface area (Å²) in [7, 11) is 0. The molecule has 2 aliphatic rings. The van der Waals surface area contributed by atoms with Gasteiger partial charge in [0.05, 0.1) is 11.1 Å². The summed E-state index contributed by atoms with van der Waals surface area (Å²) in [5.41, 5.74) is 0.202. The van der Waals surface area contributed by atoms with E-state index in [1.807, 2.05) is 0 Å². The molecule has 2 aliphatic carbocycles. The van der Waals surface area contributed by atoms with Crippen LogP contribution in [0.5, 0.6) is 0 Å². The van der Waals surface area contributed by atoms with Crippen LogP contribution in [0.4, 0.5) is 13.9 Å². The first-order valence-corrected chi connectivity index (χ1v) is 10.3. The minimum absolute atomic E-state index is 0.0684. The highest BCUT2D eigenvalue weighted by Gasteiger charge is 2.43. The summed E-state index contributed by atoms with van der Waals surface area (Å²) in [4.78, 5) is 29.6. The maximum atomic E-state index is 13.4. The van der Waals surface area contributed by atoms with Gasteiger partial charge in [0.1, 0.15) is 0 Å². The Labute approximate surface area is 165 Å². The van der Waals surface area contributed by atoms with E-state index in [-0.39, 0.29) is 24.3 Å². The summed E-state index contributed by atoms with van der Waals surface area (Å²) >= 11 is 1.22. The van der Waals surface area contributed by atoms with E-state index in [0.717, 1.165) is 37.8 Å². The zero-order valence-electron chi connectivity index (χ0n) is 15.3. The van der Waals surface area contributed by atoms with Crippen LogP contribution in [0.2, 0.25) is 0 Å². The highest BCUT2D eigenvalue weighted by atomic mass is 32.1. The fourth-order valence-electron chi connectivity index (χ4n) is 3.70. The van der Waals surface area contributed by atoms with Gasteiger partial charge in [0.25, 0.3) is 0 Å². The number of nitrogens with one attached hydrogen (secondary N) is 2. The summed E-state index contributed by atoms with van der Waals surface area (Å²) in [6.07, 6.45) is 5.41. The number of hydrogen-bond acceptors (Lipinski definition) is 4. The van der Waals surface area contributed by atoms with Gasteiger partial charge in [0, 0.05) is 23.4 Å². The lowest BCUT2D eigenvalue weighted by atomic mass is 9.81. The number of aromatic nitrogens is 1. The number of thiazole rings is 1. The van der Waals surface area contributed by atoms with Crippen LogP contribution in [0.15, 0.2) is 23.6 Å². The van der Waals surface area contributed by atoms with Gasteiger partial charge in [-0.15, -0.1) is 11.3 Å². The molecule has 2 saturated carbocycles. The molecular formula is C20H21F2N3O2S. The average Bonchev–Trinajstić information content (AvgIpc) is 3.15. The van der Waals surface area contributed by atoms with Crippen molar-refractivity contribution in [3.05, 3.63) is 35.2 Å². The molecule has 0 unspecified atom stereocenters. The van der Waals surface area contributed by atoms with Crippen LogP contribution in [0, 0.1) is 17.0 Å². The molecule has 1 heterocycles. The van der Waals surface area contributed by atoms with Crippen LogP contribution in [0.25, 0.3) is 11.3 Å². The fourth-order valence-corrected chi connectivity index (χ4v) is 4.41. The maximum Gasteiger partial charge on any atom is 0.232 e. The van der Waals surface area contributed by atoms with Crippen LogP contribution in [-0.2, 0) is 9.59 Å². The van der Waals surface area contributed by atoms with E-state index in [1.54, 1.807) is 5.38 Å². The summed E-state index contributed by atoms with van der Waals surface area (Å²) in [5, 5.41) is 7.87. The van der Waals surface area contributed by atoms with Gasteiger partial charge in [-0.1, -0.05) is 12.8 Å². The third kappa shape index (κ3) is 4.06. The number of carbonyl (C=O) groups is 2. The van der Waals surface area contributed by atoms with E-state index < -0.39 is 17.0 Å². The molecule has 0 spiro atoms. The second-order valence-corrected chi connectivity index (χ2v) is 8.49. The Morgan fingerprint density at radius 1 is 1.18 bits per heavy atom. The van der Waals surface area contributed by atoms with Gasteiger partial charge in [-0.2, -0.15) is 0 Å². The largest absolute Gasteiger partial charge is 0.353 e. The third-order valence-corrected chi connectivity index (χ3v) is 6.18. The zero-order valence-corrected chi connectivity index (χ0v) is 16.1. The second kappa shape index (κ2) is 7.58. The molecule has 0 atom stereocenters. The van der Waals surface area contributed by atoms with Crippen molar-refractivity contribution >= 4 is 28.3 Å². The predicted octanol–water partition coefficient (Wildman–Crippen LogP) is 4.26. The molecule has 28 heavy (non-hydrogen) atoms.